The molecule has 0 heterocycles. The molecule has 1 N–H and O–H groups in total. The minimum absolute atomic E-state index is 0.0394. The molecule has 0 aliphatic rings. The summed E-state index contributed by atoms with van der Waals surface area (Å²) < 4.78 is 6.24. The van der Waals surface area contributed by atoms with Gasteiger partial charge in [0.2, 0.25) is 0 Å². The van der Waals surface area contributed by atoms with Crippen molar-refractivity contribution in [2.45, 2.75) is 0 Å². The SMILES string of the molecule is C=CCOc1ccc(Br)cc1/C=C(\C#N)C(=O)Nc1c(Cl)cc([N+](=O)[O-])cc1Cl. The van der Waals surface area contributed by atoms with Crippen molar-refractivity contribution in [3.63, 3.8) is 0 Å². The summed E-state index contributed by atoms with van der Waals surface area (Å²) in [7, 11) is 0. The molecule has 0 bridgehead atoms. The van der Waals surface area contributed by atoms with Gasteiger partial charge < -0.3 is 10.1 Å². The zero-order chi connectivity index (χ0) is 21.6. The molecule has 1 amide bonds. The van der Waals surface area contributed by atoms with E-state index in [-0.39, 0.29) is 33.6 Å². The number of nitrogens with zero attached hydrogens (tertiary/aromatic N) is 2. The number of nitrogens with one attached hydrogen (secondary N) is 1. The summed E-state index contributed by atoms with van der Waals surface area (Å²) in [5.74, 6) is -0.347. The number of carbonyl (C=O) groups is 1. The number of amides is 1. The molecule has 0 aliphatic heterocycles. The first kappa shape index (κ1) is 22.4. The van der Waals surface area contributed by atoms with Crippen LogP contribution in [0.5, 0.6) is 5.75 Å². The first-order valence-corrected chi connectivity index (χ1v) is 9.41. The number of carbonyl (C=O) groups excluding carboxylic acids is 1. The van der Waals surface area contributed by atoms with Crippen molar-refractivity contribution in [2.75, 3.05) is 11.9 Å². The smallest absolute Gasteiger partial charge is 0.272 e. The minimum atomic E-state index is -0.792. The number of ether oxygens (including phenoxy) is 1. The normalized spacial score (nSPS) is 10.8. The first-order valence-electron chi connectivity index (χ1n) is 7.86. The Morgan fingerprint density at radius 2 is 2.00 bits per heavy atom. The number of halogens is 3. The Labute approximate surface area is 184 Å². The second kappa shape index (κ2) is 10.1. The molecule has 0 atom stereocenters. The van der Waals surface area contributed by atoms with Crippen molar-refractivity contribution < 1.29 is 14.5 Å². The predicted molar refractivity (Wildman–Crippen MR) is 115 cm³/mol. The summed E-state index contributed by atoms with van der Waals surface area (Å²) in [6.07, 6.45) is 2.90. The van der Waals surface area contributed by atoms with E-state index in [1.54, 1.807) is 30.3 Å². The number of rotatable bonds is 7. The van der Waals surface area contributed by atoms with Crippen LogP contribution in [0.1, 0.15) is 5.56 Å². The third-order valence-electron chi connectivity index (χ3n) is 3.47. The quantitative estimate of drug-likeness (QED) is 0.172. The lowest BCUT2D eigenvalue weighted by Crippen LogP contribution is -2.14. The van der Waals surface area contributed by atoms with Crippen molar-refractivity contribution >= 4 is 62.5 Å². The topological polar surface area (TPSA) is 105 Å². The van der Waals surface area contributed by atoms with Crippen LogP contribution in [0.15, 0.2) is 53.0 Å². The molecule has 0 spiro atoms. The fraction of sp³-hybridized carbons (Fsp3) is 0.0526. The van der Waals surface area contributed by atoms with Gasteiger partial charge in [-0.05, 0) is 24.3 Å². The predicted octanol–water partition coefficient (Wildman–Crippen LogP) is 5.77. The van der Waals surface area contributed by atoms with Crippen molar-refractivity contribution in [1.82, 2.24) is 0 Å². The second-order valence-electron chi connectivity index (χ2n) is 5.45. The van der Waals surface area contributed by atoms with Crippen LogP contribution in [0.2, 0.25) is 10.0 Å². The third kappa shape index (κ3) is 5.81. The van der Waals surface area contributed by atoms with E-state index in [1.807, 2.05) is 0 Å². The lowest BCUT2D eigenvalue weighted by molar-refractivity contribution is -0.384. The average Bonchev–Trinajstić information content (AvgIpc) is 2.67. The number of non-ortho nitro benzene ring substituents is 1. The second-order valence-corrected chi connectivity index (χ2v) is 7.18. The molecule has 0 saturated carbocycles. The Hall–Kier alpha value is -2.86. The Kier molecular flexibility index (Phi) is 7.79. The maximum atomic E-state index is 12.6. The average molecular weight is 497 g/mol. The van der Waals surface area contributed by atoms with Crippen LogP contribution in [0.25, 0.3) is 6.08 Å². The van der Waals surface area contributed by atoms with Gasteiger partial charge in [-0.1, -0.05) is 51.8 Å². The Bertz CT molecular complexity index is 1040. The van der Waals surface area contributed by atoms with Crippen molar-refractivity contribution in [1.29, 1.82) is 5.26 Å². The molecule has 0 fully saturated rings. The standard InChI is InChI=1S/C19H12BrCl2N3O4/c1-2-5-29-17-4-3-13(20)7-11(17)6-12(10-23)19(26)24-18-15(21)8-14(25(27)28)9-16(18)22/h2-4,6-9H,1,5H2,(H,24,26)/b12-6+. The molecular weight excluding hydrogens is 485 g/mol. The van der Waals surface area contributed by atoms with E-state index in [2.05, 4.69) is 27.8 Å². The lowest BCUT2D eigenvalue weighted by atomic mass is 10.1. The van der Waals surface area contributed by atoms with Gasteiger partial charge in [0.25, 0.3) is 11.6 Å². The lowest BCUT2D eigenvalue weighted by Gasteiger charge is -2.10. The fourth-order valence-corrected chi connectivity index (χ4v) is 3.13. The molecule has 7 nitrogen and oxygen atoms in total. The van der Waals surface area contributed by atoms with Gasteiger partial charge in [-0.2, -0.15) is 5.26 Å². The maximum absolute atomic E-state index is 12.6. The number of nitro benzene ring substituents is 1. The summed E-state index contributed by atoms with van der Waals surface area (Å²) >= 11 is 15.3. The minimum Gasteiger partial charge on any atom is -0.489 e. The van der Waals surface area contributed by atoms with Gasteiger partial charge in [0.05, 0.1) is 20.7 Å². The van der Waals surface area contributed by atoms with Crippen molar-refractivity contribution in [3.8, 4) is 11.8 Å². The van der Waals surface area contributed by atoms with E-state index in [9.17, 15) is 20.2 Å². The van der Waals surface area contributed by atoms with E-state index in [4.69, 9.17) is 27.9 Å². The van der Waals surface area contributed by atoms with E-state index < -0.39 is 10.8 Å². The van der Waals surface area contributed by atoms with Crippen LogP contribution < -0.4 is 10.1 Å². The van der Waals surface area contributed by atoms with Crippen molar-refractivity contribution in [3.05, 3.63) is 78.8 Å². The molecule has 148 valence electrons. The molecule has 0 unspecified atom stereocenters. The molecular formula is C19H12BrCl2N3O4. The van der Waals surface area contributed by atoms with Crippen LogP contribution in [0, 0.1) is 21.4 Å². The molecule has 2 rings (SSSR count). The summed E-state index contributed by atoms with van der Waals surface area (Å²) in [6, 6.07) is 9.01. The maximum Gasteiger partial charge on any atom is 0.272 e. The molecule has 0 radical (unpaired) electrons. The third-order valence-corrected chi connectivity index (χ3v) is 4.56. The molecule has 10 heteroatoms. The number of nitriles is 1. The van der Waals surface area contributed by atoms with E-state index in [1.165, 1.54) is 6.08 Å². The van der Waals surface area contributed by atoms with Gasteiger partial charge in [0.1, 0.15) is 24.0 Å². The Balaban J connectivity index is 2.38. The van der Waals surface area contributed by atoms with E-state index >= 15 is 0 Å². The molecule has 2 aromatic carbocycles. The van der Waals surface area contributed by atoms with E-state index in [0.717, 1.165) is 12.1 Å². The molecule has 0 aliphatic carbocycles. The highest BCUT2D eigenvalue weighted by molar-refractivity contribution is 9.10. The highest BCUT2D eigenvalue weighted by Gasteiger charge is 2.19. The molecule has 0 aromatic heterocycles. The highest BCUT2D eigenvalue weighted by Crippen LogP contribution is 2.35. The highest BCUT2D eigenvalue weighted by atomic mass is 79.9. The Morgan fingerprint density at radius 1 is 1.34 bits per heavy atom. The van der Waals surface area contributed by atoms with Crippen molar-refractivity contribution in [2.24, 2.45) is 0 Å². The Morgan fingerprint density at radius 3 is 2.55 bits per heavy atom. The monoisotopic (exact) mass is 495 g/mol. The zero-order valence-electron chi connectivity index (χ0n) is 14.6. The number of nitro groups is 1. The number of hydrogen-bond acceptors (Lipinski definition) is 5. The van der Waals surface area contributed by atoms with Gasteiger partial charge in [-0.15, -0.1) is 0 Å². The van der Waals surface area contributed by atoms with Crippen LogP contribution >= 0.6 is 39.1 Å². The summed E-state index contributed by atoms with van der Waals surface area (Å²) in [5.41, 5.74) is -0.138. The van der Waals surface area contributed by atoms with Gasteiger partial charge in [0.15, 0.2) is 0 Å². The largest absolute Gasteiger partial charge is 0.489 e. The summed E-state index contributed by atoms with van der Waals surface area (Å²) in [4.78, 5) is 22.8. The summed E-state index contributed by atoms with van der Waals surface area (Å²) in [6.45, 7) is 3.82. The number of benzene rings is 2. The summed E-state index contributed by atoms with van der Waals surface area (Å²) in [5, 5.41) is 22.4. The van der Waals surface area contributed by atoms with E-state index in [0.29, 0.717) is 15.8 Å². The number of anilines is 1. The first-order chi connectivity index (χ1) is 13.8. The van der Waals surface area contributed by atoms with Gasteiger partial charge in [0, 0.05) is 22.2 Å². The van der Waals surface area contributed by atoms with Crippen LogP contribution in [0.3, 0.4) is 0 Å². The van der Waals surface area contributed by atoms with Crippen LogP contribution in [-0.4, -0.2) is 17.4 Å². The molecule has 2 aromatic rings. The van der Waals surface area contributed by atoms with Gasteiger partial charge >= 0.3 is 0 Å². The molecule has 0 saturated heterocycles. The van der Waals surface area contributed by atoms with Gasteiger partial charge in [-0.3, -0.25) is 14.9 Å². The fourth-order valence-electron chi connectivity index (χ4n) is 2.18. The molecule has 29 heavy (non-hydrogen) atoms. The van der Waals surface area contributed by atoms with Gasteiger partial charge in [-0.25, -0.2) is 0 Å². The van der Waals surface area contributed by atoms with Crippen LogP contribution in [-0.2, 0) is 4.79 Å². The zero-order valence-corrected chi connectivity index (χ0v) is 17.7. The number of hydrogen-bond donors (Lipinski definition) is 1. The van der Waals surface area contributed by atoms with Crippen LogP contribution in [0.4, 0.5) is 11.4 Å².